The Morgan fingerprint density at radius 3 is 2.54 bits per heavy atom. The van der Waals surface area contributed by atoms with Crippen molar-refractivity contribution in [3.8, 4) is 5.82 Å². The zero-order chi connectivity index (χ0) is 17.3. The van der Waals surface area contributed by atoms with Crippen LogP contribution in [0.3, 0.4) is 0 Å². The second kappa shape index (κ2) is 6.79. The van der Waals surface area contributed by atoms with Gasteiger partial charge in [0.05, 0.1) is 0 Å². The summed E-state index contributed by atoms with van der Waals surface area (Å²) < 4.78 is 3.69. The normalized spacial score (nSPS) is 20.8. The molecule has 1 aliphatic heterocycles. The first-order valence-corrected chi connectivity index (χ1v) is 9.85. The molecule has 26 heavy (non-hydrogen) atoms. The van der Waals surface area contributed by atoms with Gasteiger partial charge in [0.2, 0.25) is 0 Å². The number of likely N-dealkylation sites (tertiary alicyclic amines) is 1. The number of aromatic nitrogens is 6. The fourth-order valence-electron chi connectivity index (χ4n) is 4.55. The molecule has 0 unspecified atom stereocenters. The van der Waals surface area contributed by atoms with Crippen LogP contribution in [0.2, 0.25) is 0 Å². The van der Waals surface area contributed by atoms with Crippen molar-refractivity contribution in [1.82, 2.24) is 34.5 Å². The third-order valence-corrected chi connectivity index (χ3v) is 6.00. The van der Waals surface area contributed by atoms with E-state index in [9.17, 15) is 0 Å². The van der Waals surface area contributed by atoms with Crippen LogP contribution in [0.15, 0.2) is 30.6 Å². The van der Waals surface area contributed by atoms with Crippen molar-refractivity contribution < 1.29 is 0 Å². The lowest BCUT2D eigenvalue weighted by Crippen LogP contribution is -2.42. The average molecular weight is 351 g/mol. The summed E-state index contributed by atoms with van der Waals surface area (Å²) in [6, 6.07) is 6.62. The van der Waals surface area contributed by atoms with Crippen LogP contribution in [0, 0.1) is 0 Å². The highest BCUT2D eigenvalue weighted by Gasteiger charge is 2.29. The molecule has 0 bridgehead atoms. The molecule has 2 aliphatic rings. The van der Waals surface area contributed by atoms with Gasteiger partial charge in [0.25, 0.3) is 0 Å². The lowest BCUT2D eigenvalue weighted by atomic mass is 9.90. The maximum atomic E-state index is 4.74. The van der Waals surface area contributed by atoms with Crippen LogP contribution in [0.1, 0.15) is 56.7 Å². The molecule has 136 valence electrons. The van der Waals surface area contributed by atoms with Gasteiger partial charge in [0.1, 0.15) is 0 Å². The molecule has 0 atom stereocenters. The van der Waals surface area contributed by atoms with E-state index in [2.05, 4.69) is 20.2 Å². The van der Waals surface area contributed by atoms with E-state index >= 15 is 0 Å². The van der Waals surface area contributed by atoms with Crippen molar-refractivity contribution in [2.24, 2.45) is 0 Å². The molecule has 0 spiro atoms. The fraction of sp³-hybridized carbons (Fsp3) is 0.579. The Kier molecular flexibility index (Phi) is 4.16. The van der Waals surface area contributed by atoms with Crippen LogP contribution >= 0.6 is 0 Å². The first-order valence-electron chi connectivity index (χ1n) is 9.85. The van der Waals surface area contributed by atoms with E-state index in [0.717, 1.165) is 36.2 Å². The first-order chi connectivity index (χ1) is 12.9. The Morgan fingerprint density at radius 1 is 0.923 bits per heavy atom. The predicted molar refractivity (Wildman–Crippen MR) is 98.3 cm³/mol. The summed E-state index contributed by atoms with van der Waals surface area (Å²) in [5, 5.41) is 17.8. The standard InChI is InChI=1S/C19H25N7/c1-2-5-16(6-3-1)24-13-9-15(10-14-24)19-22-21-17-7-8-18(23-26(17)19)25-12-4-11-20-25/h4,7-8,11-12,15-16H,1-3,5-6,9-10,13-14H2. The molecule has 5 rings (SSSR count). The molecule has 2 fully saturated rings. The predicted octanol–water partition coefficient (Wildman–Crippen LogP) is 2.82. The van der Waals surface area contributed by atoms with E-state index in [1.165, 1.54) is 45.2 Å². The van der Waals surface area contributed by atoms with Crippen LogP contribution in [0.5, 0.6) is 0 Å². The first kappa shape index (κ1) is 15.9. The Hall–Kier alpha value is -2.28. The van der Waals surface area contributed by atoms with Crippen LogP contribution in [-0.4, -0.2) is 53.6 Å². The third kappa shape index (κ3) is 2.90. The average Bonchev–Trinajstić information content (AvgIpc) is 3.38. The van der Waals surface area contributed by atoms with E-state index < -0.39 is 0 Å². The molecule has 7 nitrogen and oxygen atoms in total. The quantitative estimate of drug-likeness (QED) is 0.726. The Bertz CT molecular complexity index is 855. The van der Waals surface area contributed by atoms with Gasteiger partial charge >= 0.3 is 0 Å². The minimum atomic E-state index is 0.435. The Labute approximate surface area is 153 Å². The molecular formula is C19H25N7. The van der Waals surface area contributed by atoms with E-state index in [4.69, 9.17) is 5.10 Å². The lowest BCUT2D eigenvalue weighted by molar-refractivity contribution is 0.120. The van der Waals surface area contributed by atoms with Gasteiger partial charge in [0.15, 0.2) is 17.3 Å². The van der Waals surface area contributed by atoms with Crippen LogP contribution in [-0.2, 0) is 0 Å². The molecule has 1 saturated heterocycles. The summed E-state index contributed by atoms with van der Waals surface area (Å²) >= 11 is 0. The number of fused-ring (bicyclic) bond motifs is 1. The molecule has 4 heterocycles. The van der Waals surface area contributed by atoms with Crippen molar-refractivity contribution >= 4 is 5.65 Å². The summed E-state index contributed by atoms with van der Waals surface area (Å²) in [6.07, 6.45) is 12.9. The van der Waals surface area contributed by atoms with Gasteiger partial charge in [-0.25, -0.2) is 4.68 Å². The highest BCUT2D eigenvalue weighted by atomic mass is 15.4. The molecule has 3 aromatic heterocycles. The third-order valence-electron chi connectivity index (χ3n) is 6.00. The van der Waals surface area contributed by atoms with Crippen molar-refractivity contribution in [1.29, 1.82) is 0 Å². The summed E-state index contributed by atoms with van der Waals surface area (Å²) in [5.41, 5.74) is 0.811. The molecule has 1 saturated carbocycles. The van der Waals surface area contributed by atoms with E-state index in [-0.39, 0.29) is 0 Å². The van der Waals surface area contributed by atoms with Gasteiger partial charge in [-0.2, -0.15) is 9.61 Å². The molecule has 7 heteroatoms. The summed E-state index contributed by atoms with van der Waals surface area (Å²) in [5.74, 6) is 2.23. The summed E-state index contributed by atoms with van der Waals surface area (Å²) in [4.78, 5) is 2.71. The number of piperidine rings is 1. The highest BCUT2D eigenvalue weighted by Crippen LogP contribution is 2.31. The SMILES string of the molecule is c1cnn(-c2ccc3nnc(C4CCN(C5CCCCC5)CC4)n3n2)c1. The number of hydrogen-bond donors (Lipinski definition) is 0. The summed E-state index contributed by atoms with van der Waals surface area (Å²) in [7, 11) is 0. The minimum Gasteiger partial charge on any atom is -0.300 e. The molecular weight excluding hydrogens is 326 g/mol. The summed E-state index contributed by atoms with van der Waals surface area (Å²) in [6.45, 7) is 2.34. The Morgan fingerprint density at radius 2 is 1.77 bits per heavy atom. The highest BCUT2D eigenvalue weighted by molar-refractivity contribution is 5.39. The fourth-order valence-corrected chi connectivity index (χ4v) is 4.55. The smallest absolute Gasteiger partial charge is 0.178 e. The molecule has 0 aromatic carbocycles. The molecule has 3 aromatic rings. The topological polar surface area (TPSA) is 64.1 Å². The number of rotatable bonds is 3. The van der Waals surface area contributed by atoms with Gasteiger partial charge in [0, 0.05) is 24.4 Å². The van der Waals surface area contributed by atoms with Crippen molar-refractivity contribution in [3.05, 3.63) is 36.4 Å². The lowest BCUT2D eigenvalue weighted by Gasteiger charge is -2.38. The van der Waals surface area contributed by atoms with Gasteiger partial charge in [-0.1, -0.05) is 19.3 Å². The number of hydrogen-bond acceptors (Lipinski definition) is 5. The van der Waals surface area contributed by atoms with E-state index in [1.54, 1.807) is 10.9 Å². The molecule has 0 N–H and O–H groups in total. The maximum Gasteiger partial charge on any atom is 0.178 e. The Balaban J connectivity index is 1.35. The largest absolute Gasteiger partial charge is 0.300 e. The van der Waals surface area contributed by atoms with E-state index in [1.807, 2.05) is 28.9 Å². The van der Waals surface area contributed by atoms with Crippen LogP contribution < -0.4 is 0 Å². The zero-order valence-electron chi connectivity index (χ0n) is 15.0. The van der Waals surface area contributed by atoms with E-state index in [0.29, 0.717) is 5.92 Å². The van der Waals surface area contributed by atoms with Gasteiger partial charge in [-0.05, 0) is 57.0 Å². The molecule has 1 aliphatic carbocycles. The number of nitrogens with zero attached hydrogens (tertiary/aromatic N) is 7. The zero-order valence-corrected chi connectivity index (χ0v) is 15.0. The molecule has 0 amide bonds. The second-order valence-electron chi connectivity index (χ2n) is 7.57. The van der Waals surface area contributed by atoms with Gasteiger partial charge in [-0.15, -0.1) is 15.3 Å². The molecule has 0 radical (unpaired) electrons. The van der Waals surface area contributed by atoms with Crippen molar-refractivity contribution in [2.45, 2.75) is 56.9 Å². The van der Waals surface area contributed by atoms with Gasteiger partial charge in [-0.3, -0.25) is 0 Å². The minimum absolute atomic E-state index is 0.435. The second-order valence-corrected chi connectivity index (χ2v) is 7.57. The van der Waals surface area contributed by atoms with Crippen molar-refractivity contribution in [2.75, 3.05) is 13.1 Å². The van der Waals surface area contributed by atoms with Gasteiger partial charge < -0.3 is 4.90 Å². The maximum absolute atomic E-state index is 4.74. The van der Waals surface area contributed by atoms with Crippen molar-refractivity contribution in [3.63, 3.8) is 0 Å². The van der Waals surface area contributed by atoms with Crippen LogP contribution in [0.4, 0.5) is 0 Å². The van der Waals surface area contributed by atoms with Crippen LogP contribution in [0.25, 0.3) is 11.5 Å². The monoisotopic (exact) mass is 351 g/mol.